The van der Waals surface area contributed by atoms with Gasteiger partial charge in [0.05, 0.1) is 44.7 Å². The van der Waals surface area contributed by atoms with Gasteiger partial charge in [0.15, 0.2) is 6.29 Å². The second-order valence-corrected chi connectivity index (χ2v) is 8.01. The first-order valence-electron chi connectivity index (χ1n) is 11.0. The van der Waals surface area contributed by atoms with Crippen molar-refractivity contribution in [2.75, 3.05) is 27.4 Å². The number of ether oxygens (including phenoxy) is 5. The van der Waals surface area contributed by atoms with Gasteiger partial charge in [0.2, 0.25) is 0 Å². The molecule has 0 amide bonds. The molecule has 3 aromatic rings. The van der Waals surface area contributed by atoms with E-state index in [2.05, 4.69) is 0 Å². The number of hydrogen-bond donors (Lipinski definition) is 0. The van der Waals surface area contributed by atoms with E-state index < -0.39 is 12.3 Å². The second-order valence-electron chi connectivity index (χ2n) is 8.01. The Hall–Kier alpha value is -3.36. The maximum absolute atomic E-state index is 12.4. The fraction of sp³-hybridized carbons (Fsp3) is 0.360. The molecule has 2 aliphatic rings. The lowest BCUT2D eigenvalue weighted by Crippen LogP contribution is -2.10. The average molecular weight is 450 g/mol. The normalized spacial score (nSPS) is 16.1. The van der Waals surface area contributed by atoms with E-state index in [4.69, 9.17) is 28.8 Å². The highest BCUT2D eigenvalue weighted by Crippen LogP contribution is 2.41. The molecule has 2 heterocycles. The topological polar surface area (TPSA) is 81.0 Å². The Morgan fingerprint density at radius 2 is 1.85 bits per heavy atom. The molecule has 2 fully saturated rings. The van der Waals surface area contributed by atoms with Gasteiger partial charge in [0.1, 0.15) is 23.8 Å². The standard InChI is InChI=1S/C25H26N2O6/c1-29-18-10-6-16(7-11-18)15-33-22-5-3-4-19(23(22)25-31-12-13-32-25)20-14-21(24(28)30-2)27(26-20)17-8-9-17/h3-7,10-11,14,17,25H,8-9,12-13,15H2,1-2H3. The van der Waals surface area contributed by atoms with E-state index in [9.17, 15) is 4.79 Å². The van der Waals surface area contributed by atoms with Gasteiger partial charge in [0, 0.05) is 5.56 Å². The average Bonchev–Trinajstić information content (AvgIpc) is 3.37. The van der Waals surface area contributed by atoms with Crippen LogP contribution in [0.4, 0.5) is 0 Å². The van der Waals surface area contributed by atoms with Crippen LogP contribution in [0.2, 0.25) is 0 Å². The van der Waals surface area contributed by atoms with Crippen LogP contribution in [0.15, 0.2) is 48.5 Å². The molecule has 1 saturated carbocycles. The van der Waals surface area contributed by atoms with Gasteiger partial charge < -0.3 is 23.7 Å². The molecule has 1 aliphatic heterocycles. The van der Waals surface area contributed by atoms with Gasteiger partial charge in [0.25, 0.3) is 0 Å². The van der Waals surface area contributed by atoms with Crippen molar-refractivity contribution >= 4 is 5.97 Å². The van der Waals surface area contributed by atoms with Gasteiger partial charge in [-0.1, -0.05) is 24.3 Å². The van der Waals surface area contributed by atoms with Crippen molar-refractivity contribution in [2.24, 2.45) is 0 Å². The first-order chi connectivity index (χ1) is 16.2. The monoisotopic (exact) mass is 450 g/mol. The van der Waals surface area contributed by atoms with Crippen LogP contribution in [0.25, 0.3) is 11.3 Å². The quantitative estimate of drug-likeness (QED) is 0.473. The third-order valence-electron chi connectivity index (χ3n) is 5.78. The highest BCUT2D eigenvalue weighted by molar-refractivity contribution is 5.89. The summed E-state index contributed by atoms with van der Waals surface area (Å²) in [6.45, 7) is 1.37. The summed E-state index contributed by atoms with van der Waals surface area (Å²) in [5, 5.41) is 4.76. The Balaban J connectivity index is 1.50. The Morgan fingerprint density at radius 1 is 1.09 bits per heavy atom. The number of hydrogen-bond acceptors (Lipinski definition) is 7. The maximum atomic E-state index is 12.4. The van der Waals surface area contributed by atoms with Gasteiger partial charge >= 0.3 is 5.97 Å². The lowest BCUT2D eigenvalue weighted by atomic mass is 10.0. The molecule has 0 N–H and O–H groups in total. The summed E-state index contributed by atoms with van der Waals surface area (Å²) in [6, 6.07) is 15.5. The summed E-state index contributed by atoms with van der Waals surface area (Å²) in [7, 11) is 3.02. The van der Waals surface area contributed by atoms with Crippen LogP contribution in [0.5, 0.6) is 11.5 Å². The molecule has 1 aliphatic carbocycles. The largest absolute Gasteiger partial charge is 0.497 e. The predicted octanol–water partition coefficient (Wildman–Crippen LogP) is 4.30. The molecule has 172 valence electrons. The van der Waals surface area contributed by atoms with E-state index in [1.54, 1.807) is 17.9 Å². The SMILES string of the molecule is COC(=O)c1cc(-c2cccc(OCc3ccc(OC)cc3)c2C2OCCO2)nn1C1CC1. The molecule has 0 atom stereocenters. The lowest BCUT2D eigenvalue weighted by molar-refractivity contribution is -0.0454. The second kappa shape index (κ2) is 9.25. The zero-order chi connectivity index (χ0) is 22.8. The lowest BCUT2D eigenvalue weighted by Gasteiger charge is -2.19. The number of rotatable bonds is 8. The molecule has 5 rings (SSSR count). The number of methoxy groups -OCH3 is 2. The van der Waals surface area contributed by atoms with Gasteiger partial charge in [-0.25, -0.2) is 4.79 Å². The van der Waals surface area contributed by atoms with Crippen LogP contribution in [0.1, 0.15) is 46.8 Å². The molecule has 33 heavy (non-hydrogen) atoms. The van der Waals surface area contributed by atoms with Crippen molar-refractivity contribution in [1.29, 1.82) is 0 Å². The number of aromatic nitrogens is 2. The first kappa shape index (κ1) is 21.5. The molecule has 0 bridgehead atoms. The summed E-state index contributed by atoms with van der Waals surface area (Å²) in [4.78, 5) is 12.4. The Morgan fingerprint density at radius 3 is 2.52 bits per heavy atom. The van der Waals surface area contributed by atoms with Crippen molar-refractivity contribution < 1.29 is 28.5 Å². The zero-order valence-corrected chi connectivity index (χ0v) is 18.7. The molecule has 2 aromatic carbocycles. The van der Waals surface area contributed by atoms with Gasteiger partial charge in [-0.15, -0.1) is 0 Å². The van der Waals surface area contributed by atoms with E-state index in [0.29, 0.717) is 37.0 Å². The summed E-state index contributed by atoms with van der Waals surface area (Å²) < 4.78 is 29.9. The van der Waals surface area contributed by atoms with Crippen molar-refractivity contribution in [2.45, 2.75) is 31.8 Å². The fourth-order valence-electron chi connectivity index (χ4n) is 3.92. The van der Waals surface area contributed by atoms with Crippen LogP contribution < -0.4 is 9.47 Å². The molecule has 0 radical (unpaired) electrons. The van der Waals surface area contributed by atoms with Crippen molar-refractivity contribution in [3.05, 3.63) is 65.4 Å². The summed E-state index contributed by atoms with van der Waals surface area (Å²) in [5.74, 6) is 1.04. The van der Waals surface area contributed by atoms with E-state index in [1.807, 2.05) is 42.5 Å². The summed E-state index contributed by atoms with van der Waals surface area (Å²) >= 11 is 0. The van der Waals surface area contributed by atoms with Gasteiger partial charge in [-0.3, -0.25) is 4.68 Å². The van der Waals surface area contributed by atoms with Gasteiger partial charge in [-0.2, -0.15) is 5.10 Å². The molecule has 1 aromatic heterocycles. The molecular formula is C25H26N2O6. The number of nitrogens with zero attached hydrogens (tertiary/aromatic N) is 2. The Kier molecular flexibility index (Phi) is 6.02. The fourth-order valence-corrected chi connectivity index (χ4v) is 3.92. The molecular weight excluding hydrogens is 424 g/mol. The Bertz CT molecular complexity index is 1130. The van der Waals surface area contributed by atoms with E-state index >= 15 is 0 Å². The minimum absolute atomic E-state index is 0.227. The number of carbonyl (C=O) groups is 1. The number of esters is 1. The molecule has 8 heteroatoms. The van der Waals surface area contributed by atoms with Crippen LogP contribution in [0.3, 0.4) is 0 Å². The molecule has 0 unspecified atom stereocenters. The summed E-state index contributed by atoms with van der Waals surface area (Å²) in [5.41, 5.74) is 3.68. The third-order valence-corrected chi connectivity index (χ3v) is 5.78. The maximum Gasteiger partial charge on any atom is 0.356 e. The minimum Gasteiger partial charge on any atom is -0.497 e. The predicted molar refractivity (Wildman–Crippen MR) is 119 cm³/mol. The van der Waals surface area contributed by atoms with E-state index in [0.717, 1.165) is 35.3 Å². The highest BCUT2D eigenvalue weighted by atomic mass is 16.7. The molecule has 8 nitrogen and oxygen atoms in total. The first-order valence-corrected chi connectivity index (χ1v) is 11.0. The summed E-state index contributed by atoms with van der Waals surface area (Å²) in [6.07, 6.45) is 1.43. The molecule has 0 spiro atoms. The van der Waals surface area contributed by atoms with Gasteiger partial charge in [-0.05, 0) is 42.7 Å². The van der Waals surface area contributed by atoms with Crippen LogP contribution >= 0.6 is 0 Å². The smallest absolute Gasteiger partial charge is 0.356 e. The minimum atomic E-state index is -0.570. The highest BCUT2D eigenvalue weighted by Gasteiger charge is 2.32. The Labute approximate surface area is 192 Å². The van der Waals surface area contributed by atoms with Crippen LogP contribution in [0, 0.1) is 0 Å². The molecule has 1 saturated heterocycles. The van der Waals surface area contributed by atoms with Crippen molar-refractivity contribution in [3.8, 4) is 22.8 Å². The van der Waals surface area contributed by atoms with E-state index in [-0.39, 0.29) is 6.04 Å². The number of benzene rings is 2. The van der Waals surface area contributed by atoms with Crippen molar-refractivity contribution in [3.63, 3.8) is 0 Å². The van der Waals surface area contributed by atoms with Crippen molar-refractivity contribution in [1.82, 2.24) is 9.78 Å². The third kappa shape index (κ3) is 4.44. The zero-order valence-electron chi connectivity index (χ0n) is 18.7. The van der Waals surface area contributed by atoms with E-state index in [1.165, 1.54) is 7.11 Å². The van der Waals surface area contributed by atoms with Crippen LogP contribution in [-0.4, -0.2) is 43.2 Å². The van der Waals surface area contributed by atoms with Crippen LogP contribution in [-0.2, 0) is 20.8 Å². The number of carbonyl (C=O) groups excluding carboxylic acids is 1.